The van der Waals surface area contributed by atoms with Crippen molar-refractivity contribution in [2.45, 2.75) is 71.1 Å². The highest BCUT2D eigenvalue weighted by atomic mass is 19.1. The van der Waals surface area contributed by atoms with Gasteiger partial charge in [0.05, 0.1) is 0 Å². The lowest BCUT2D eigenvalue weighted by Gasteiger charge is -2.42. The van der Waals surface area contributed by atoms with Crippen LogP contribution in [0.25, 0.3) is 11.1 Å². The van der Waals surface area contributed by atoms with Gasteiger partial charge in [-0.25, -0.2) is 4.39 Å². The van der Waals surface area contributed by atoms with Gasteiger partial charge in [-0.3, -0.25) is 0 Å². The Kier molecular flexibility index (Phi) is 8.42. The van der Waals surface area contributed by atoms with Gasteiger partial charge in [-0.05, 0) is 112 Å². The van der Waals surface area contributed by atoms with Gasteiger partial charge in [-0.1, -0.05) is 55.0 Å². The lowest BCUT2D eigenvalue weighted by Crippen LogP contribution is -2.30. The number of fused-ring (bicyclic) bond motifs is 1. The standard InChI is InChI=1S/C31H39FO/c1-3-5-7-8-23-9-10-26-21-27(12-11-25(26)20-23)28-15-18-30(31(32)22-28)24-13-16-29(17-14-24)33-19-6-4-2/h3-6,13-18,22-23,25-27H,7-12,19-21H2,1-2H3/b5-3+,6-4+. The summed E-state index contributed by atoms with van der Waals surface area (Å²) in [6, 6.07) is 13.7. The van der Waals surface area contributed by atoms with E-state index in [1.54, 1.807) is 6.07 Å². The SMILES string of the molecule is C/C=C/CCC1CCC2CC(c3ccc(-c4ccc(OC/C=C/C)cc4)c(F)c3)CCC2C1. The van der Waals surface area contributed by atoms with E-state index in [0.717, 1.165) is 29.1 Å². The molecule has 4 unspecified atom stereocenters. The molecular formula is C31H39FO. The zero-order valence-corrected chi connectivity index (χ0v) is 20.3. The van der Waals surface area contributed by atoms with Crippen LogP contribution in [-0.2, 0) is 0 Å². The monoisotopic (exact) mass is 446 g/mol. The number of halogens is 1. The summed E-state index contributed by atoms with van der Waals surface area (Å²) in [6.45, 7) is 4.65. The minimum absolute atomic E-state index is 0.107. The van der Waals surface area contributed by atoms with E-state index in [2.05, 4.69) is 25.1 Å². The van der Waals surface area contributed by atoms with E-state index in [1.165, 1.54) is 56.9 Å². The van der Waals surface area contributed by atoms with Crippen LogP contribution in [0.1, 0.15) is 76.7 Å². The first-order valence-electron chi connectivity index (χ1n) is 12.9. The molecule has 2 saturated carbocycles. The van der Waals surface area contributed by atoms with Crippen molar-refractivity contribution < 1.29 is 9.13 Å². The first-order chi connectivity index (χ1) is 16.2. The summed E-state index contributed by atoms with van der Waals surface area (Å²) in [4.78, 5) is 0. The van der Waals surface area contributed by atoms with Crippen LogP contribution in [0.3, 0.4) is 0 Å². The molecule has 1 nitrogen and oxygen atoms in total. The Morgan fingerprint density at radius 2 is 1.64 bits per heavy atom. The Hall–Kier alpha value is -2.35. The van der Waals surface area contributed by atoms with E-state index < -0.39 is 0 Å². The molecule has 4 rings (SSSR count). The van der Waals surface area contributed by atoms with Crippen LogP contribution in [-0.4, -0.2) is 6.61 Å². The summed E-state index contributed by atoms with van der Waals surface area (Å²) < 4.78 is 20.8. The summed E-state index contributed by atoms with van der Waals surface area (Å²) in [7, 11) is 0. The van der Waals surface area contributed by atoms with Gasteiger partial charge in [0.2, 0.25) is 0 Å². The fourth-order valence-electron chi connectivity index (χ4n) is 6.04. The zero-order chi connectivity index (χ0) is 23.0. The van der Waals surface area contributed by atoms with E-state index in [0.29, 0.717) is 18.1 Å². The van der Waals surface area contributed by atoms with Gasteiger partial charge in [-0.2, -0.15) is 0 Å². The molecule has 0 saturated heterocycles. The summed E-state index contributed by atoms with van der Waals surface area (Å²) in [5.41, 5.74) is 2.77. The number of allylic oxidation sites excluding steroid dienone is 3. The Labute approximate surface area is 199 Å². The molecule has 2 aromatic rings. The van der Waals surface area contributed by atoms with Crippen LogP contribution in [0.5, 0.6) is 5.75 Å². The maximum Gasteiger partial charge on any atom is 0.131 e. The highest BCUT2D eigenvalue weighted by Gasteiger charge is 2.35. The third-order valence-corrected chi connectivity index (χ3v) is 7.91. The molecule has 2 aromatic carbocycles. The van der Waals surface area contributed by atoms with Crippen molar-refractivity contribution in [1.29, 1.82) is 0 Å². The Balaban J connectivity index is 1.36. The van der Waals surface area contributed by atoms with E-state index in [-0.39, 0.29) is 5.82 Å². The molecule has 0 heterocycles. The maximum atomic E-state index is 15.1. The van der Waals surface area contributed by atoms with Crippen molar-refractivity contribution in [3.63, 3.8) is 0 Å². The lowest BCUT2D eigenvalue weighted by molar-refractivity contribution is 0.115. The summed E-state index contributed by atoms with van der Waals surface area (Å²) in [6.07, 6.45) is 18.9. The maximum absolute atomic E-state index is 15.1. The predicted molar refractivity (Wildman–Crippen MR) is 137 cm³/mol. The van der Waals surface area contributed by atoms with Gasteiger partial charge < -0.3 is 4.74 Å². The minimum Gasteiger partial charge on any atom is -0.490 e. The average Bonchev–Trinajstić information content (AvgIpc) is 2.84. The Morgan fingerprint density at radius 3 is 2.39 bits per heavy atom. The highest BCUT2D eigenvalue weighted by Crippen LogP contribution is 2.48. The molecule has 2 aliphatic rings. The van der Waals surface area contributed by atoms with Crippen molar-refractivity contribution in [2.24, 2.45) is 17.8 Å². The van der Waals surface area contributed by atoms with E-state index in [1.807, 2.05) is 49.4 Å². The highest BCUT2D eigenvalue weighted by molar-refractivity contribution is 5.65. The molecule has 2 fully saturated rings. The fourth-order valence-corrected chi connectivity index (χ4v) is 6.04. The Morgan fingerprint density at radius 1 is 0.879 bits per heavy atom. The molecule has 2 aliphatic carbocycles. The molecule has 0 radical (unpaired) electrons. The molecule has 176 valence electrons. The van der Waals surface area contributed by atoms with E-state index >= 15 is 4.39 Å². The smallest absolute Gasteiger partial charge is 0.131 e. The van der Waals surface area contributed by atoms with Crippen LogP contribution >= 0.6 is 0 Å². The zero-order valence-electron chi connectivity index (χ0n) is 20.3. The Bertz CT molecular complexity index is 942. The van der Waals surface area contributed by atoms with Crippen LogP contribution in [0.15, 0.2) is 66.8 Å². The molecule has 0 aliphatic heterocycles. The van der Waals surface area contributed by atoms with Gasteiger partial charge in [0.25, 0.3) is 0 Å². The topological polar surface area (TPSA) is 9.23 Å². The minimum atomic E-state index is -0.107. The number of benzene rings is 2. The second-order valence-corrected chi connectivity index (χ2v) is 10.00. The summed E-state index contributed by atoms with van der Waals surface area (Å²) in [5.74, 6) is 3.85. The van der Waals surface area contributed by atoms with Crippen molar-refractivity contribution in [2.75, 3.05) is 6.61 Å². The first-order valence-corrected chi connectivity index (χ1v) is 12.9. The predicted octanol–water partition coefficient (Wildman–Crippen LogP) is 9.10. The molecule has 0 spiro atoms. The normalized spacial score (nSPS) is 25.4. The average molecular weight is 447 g/mol. The van der Waals surface area contributed by atoms with Gasteiger partial charge >= 0.3 is 0 Å². The van der Waals surface area contributed by atoms with Gasteiger partial charge in [0.1, 0.15) is 18.2 Å². The summed E-state index contributed by atoms with van der Waals surface area (Å²) in [5, 5.41) is 0. The number of hydrogen-bond acceptors (Lipinski definition) is 1. The van der Waals surface area contributed by atoms with Gasteiger partial charge in [-0.15, -0.1) is 0 Å². The van der Waals surface area contributed by atoms with E-state index in [9.17, 15) is 0 Å². The van der Waals surface area contributed by atoms with Crippen molar-refractivity contribution >= 4 is 0 Å². The van der Waals surface area contributed by atoms with Gasteiger partial charge in [0, 0.05) is 5.56 Å². The quantitative estimate of drug-likeness (QED) is 0.367. The second-order valence-electron chi connectivity index (χ2n) is 10.00. The molecule has 0 N–H and O–H groups in total. The molecular weight excluding hydrogens is 407 g/mol. The molecule has 4 atom stereocenters. The molecule has 0 aromatic heterocycles. The number of hydrogen-bond donors (Lipinski definition) is 0. The van der Waals surface area contributed by atoms with Crippen LogP contribution < -0.4 is 4.74 Å². The lowest BCUT2D eigenvalue weighted by atomic mass is 9.63. The third kappa shape index (κ3) is 6.16. The van der Waals surface area contributed by atoms with Crippen LogP contribution in [0.2, 0.25) is 0 Å². The number of ether oxygens (including phenoxy) is 1. The first kappa shape index (κ1) is 23.8. The van der Waals surface area contributed by atoms with Crippen LogP contribution in [0.4, 0.5) is 4.39 Å². The van der Waals surface area contributed by atoms with Crippen molar-refractivity contribution in [3.05, 3.63) is 78.1 Å². The van der Waals surface area contributed by atoms with Crippen LogP contribution in [0, 0.1) is 23.6 Å². The molecule has 0 amide bonds. The van der Waals surface area contributed by atoms with E-state index in [4.69, 9.17) is 4.74 Å². The largest absolute Gasteiger partial charge is 0.490 e. The summed E-state index contributed by atoms with van der Waals surface area (Å²) >= 11 is 0. The number of rotatable bonds is 8. The molecule has 2 heteroatoms. The van der Waals surface area contributed by atoms with Crippen molar-refractivity contribution in [1.82, 2.24) is 0 Å². The third-order valence-electron chi connectivity index (χ3n) is 7.91. The second kappa shape index (κ2) is 11.7. The fraction of sp³-hybridized carbons (Fsp3) is 0.484. The molecule has 0 bridgehead atoms. The molecule has 33 heavy (non-hydrogen) atoms. The van der Waals surface area contributed by atoms with Gasteiger partial charge in [0.15, 0.2) is 0 Å². The van der Waals surface area contributed by atoms with Crippen molar-refractivity contribution in [3.8, 4) is 16.9 Å².